The first kappa shape index (κ1) is 23.4. The summed E-state index contributed by atoms with van der Waals surface area (Å²) in [6.07, 6.45) is 3.57. The fourth-order valence-corrected chi connectivity index (χ4v) is 3.95. The van der Waals surface area contributed by atoms with E-state index in [2.05, 4.69) is 45.1 Å². The van der Waals surface area contributed by atoms with E-state index in [0.29, 0.717) is 18.9 Å². The Bertz CT molecular complexity index is 794. The molecule has 0 spiro atoms. The lowest BCUT2D eigenvalue weighted by Crippen LogP contribution is -2.31. The van der Waals surface area contributed by atoms with Crippen LogP contribution >= 0.6 is 11.6 Å². The zero-order chi connectivity index (χ0) is 21.6. The predicted molar refractivity (Wildman–Crippen MR) is 111 cm³/mol. The molecule has 11 heteroatoms. The smallest absolute Gasteiger partial charge is 0.307 e. The number of aliphatic carboxylic acids is 1. The minimum absolute atomic E-state index is 0.122. The van der Waals surface area contributed by atoms with E-state index in [1.165, 1.54) is 0 Å². The largest absolute Gasteiger partial charge is 0.481 e. The lowest BCUT2D eigenvalue weighted by atomic mass is 9.79. The number of carbonyl (C=O) groups is 1. The van der Waals surface area contributed by atoms with Crippen molar-refractivity contribution < 1.29 is 14.6 Å². The van der Waals surface area contributed by atoms with Crippen LogP contribution < -0.4 is 0 Å². The molecule has 2 atom stereocenters. The second kappa shape index (κ2) is 10.2. The average molecular weight is 441 g/mol. The molecular weight excluding hydrogens is 412 g/mol. The van der Waals surface area contributed by atoms with E-state index in [4.69, 9.17) is 16.3 Å². The van der Waals surface area contributed by atoms with Crippen LogP contribution in [0.5, 0.6) is 0 Å². The van der Waals surface area contributed by atoms with Gasteiger partial charge in [-0.15, -0.1) is 5.10 Å². The SMILES string of the molecule is CC(C)[C@H](C(=O)O)[C@H](Cc1cnc(Cl)nc1)c1nnnn1COCC[Si](C)(C)C. The van der Waals surface area contributed by atoms with Crippen molar-refractivity contribution in [2.45, 2.75) is 58.6 Å². The van der Waals surface area contributed by atoms with Gasteiger partial charge in [-0.2, -0.15) is 0 Å². The molecule has 0 amide bonds. The van der Waals surface area contributed by atoms with Gasteiger partial charge < -0.3 is 9.84 Å². The molecule has 0 bridgehead atoms. The van der Waals surface area contributed by atoms with E-state index in [9.17, 15) is 9.90 Å². The second-order valence-electron chi connectivity index (χ2n) is 8.66. The third kappa shape index (κ3) is 7.13. The predicted octanol–water partition coefficient (Wildman–Crippen LogP) is 3.11. The molecule has 2 aromatic rings. The van der Waals surface area contributed by atoms with Crippen LogP contribution in [-0.4, -0.2) is 55.9 Å². The molecule has 29 heavy (non-hydrogen) atoms. The molecular formula is C18H29ClN6O3Si. The van der Waals surface area contributed by atoms with Gasteiger partial charge in [0.2, 0.25) is 5.28 Å². The van der Waals surface area contributed by atoms with E-state index in [1.54, 1.807) is 17.1 Å². The van der Waals surface area contributed by atoms with Crippen LogP contribution in [0.25, 0.3) is 0 Å². The molecule has 0 aliphatic heterocycles. The second-order valence-corrected chi connectivity index (χ2v) is 14.6. The summed E-state index contributed by atoms with van der Waals surface area (Å²) in [5, 5.41) is 22.0. The summed E-state index contributed by atoms with van der Waals surface area (Å²) < 4.78 is 7.32. The first-order chi connectivity index (χ1) is 13.6. The number of carboxylic acids is 1. The van der Waals surface area contributed by atoms with Gasteiger partial charge in [0.1, 0.15) is 6.73 Å². The quantitative estimate of drug-likeness (QED) is 0.322. The zero-order valence-electron chi connectivity index (χ0n) is 17.5. The molecule has 0 aliphatic carbocycles. The highest BCUT2D eigenvalue weighted by atomic mass is 35.5. The van der Waals surface area contributed by atoms with E-state index in [0.717, 1.165) is 11.6 Å². The fourth-order valence-electron chi connectivity index (χ4n) is 3.10. The molecule has 0 radical (unpaired) electrons. The summed E-state index contributed by atoms with van der Waals surface area (Å²) >= 11 is 5.77. The van der Waals surface area contributed by atoms with Crippen molar-refractivity contribution in [3.05, 3.63) is 29.1 Å². The van der Waals surface area contributed by atoms with Crippen molar-refractivity contribution in [2.75, 3.05) is 6.61 Å². The lowest BCUT2D eigenvalue weighted by Gasteiger charge is -2.26. The van der Waals surface area contributed by atoms with Gasteiger partial charge in [-0.1, -0.05) is 33.5 Å². The highest BCUT2D eigenvalue weighted by Crippen LogP contribution is 2.32. The van der Waals surface area contributed by atoms with Crippen molar-refractivity contribution in [3.8, 4) is 0 Å². The number of hydrogen-bond donors (Lipinski definition) is 1. The Morgan fingerprint density at radius 2 is 1.93 bits per heavy atom. The van der Waals surface area contributed by atoms with E-state index in [1.807, 2.05) is 13.8 Å². The Hall–Kier alpha value is -1.91. The summed E-state index contributed by atoms with van der Waals surface area (Å²) in [5.41, 5.74) is 0.764. The first-order valence-electron chi connectivity index (χ1n) is 9.61. The highest BCUT2D eigenvalue weighted by Gasteiger charge is 2.36. The molecule has 2 heterocycles. The van der Waals surface area contributed by atoms with Gasteiger partial charge in [0, 0.05) is 33.0 Å². The number of aromatic nitrogens is 6. The normalized spacial score (nSPS) is 14.2. The standard InChI is InChI=1S/C18H29ClN6O3Si/c1-12(2)15(17(26)27)14(8-13-9-20-18(19)21-10-13)16-22-23-24-25(16)11-28-6-7-29(3,4)5/h9-10,12,14-15H,6-8,11H2,1-5H3,(H,26,27)/t14-,15-/m0/s1. The Morgan fingerprint density at radius 3 is 2.48 bits per heavy atom. The Morgan fingerprint density at radius 1 is 1.28 bits per heavy atom. The van der Waals surface area contributed by atoms with E-state index < -0.39 is 25.9 Å². The van der Waals surface area contributed by atoms with Gasteiger partial charge in [0.15, 0.2) is 5.82 Å². The van der Waals surface area contributed by atoms with Crippen LogP contribution in [0.15, 0.2) is 12.4 Å². The fraction of sp³-hybridized carbons (Fsp3) is 0.667. The van der Waals surface area contributed by atoms with Crippen LogP contribution in [0, 0.1) is 11.8 Å². The molecule has 160 valence electrons. The molecule has 0 fully saturated rings. The van der Waals surface area contributed by atoms with Crippen LogP contribution in [-0.2, 0) is 22.7 Å². The van der Waals surface area contributed by atoms with Crippen molar-refractivity contribution in [3.63, 3.8) is 0 Å². The van der Waals surface area contributed by atoms with Crippen LogP contribution in [0.1, 0.15) is 31.2 Å². The Labute approximate surface area is 176 Å². The number of rotatable bonds is 11. The average Bonchev–Trinajstić information content (AvgIpc) is 3.07. The maximum absolute atomic E-state index is 12.0. The summed E-state index contributed by atoms with van der Waals surface area (Å²) in [7, 11) is -1.21. The maximum atomic E-state index is 12.0. The summed E-state index contributed by atoms with van der Waals surface area (Å²) in [6.45, 7) is 11.4. The van der Waals surface area contributed by atoms with Crippen molar-refractivity contribution in [2.24, 2.45) is 11.8 Å². The van der Waals surface area contributed by atoms with Crippen LogP contribution in [0.4, 0.5) is 0 Å². The maximum Gasteiger partial charge on any atom is 0.307 e. The molecule has 9 nitrogen and oxygen atoms in total. The zero-order valence-corrected chi connectivity index (χ0v) is 19.3. The van der Waals surface area contributed by atoms with Gasteiger partial charge >= 0.3 is 5.97 Å². The first-order valence-corrected chi connectivity index (χ1v) is 13.7. The van der Waals surface area contributed by atoms with Gasteiger partial charge in [-0.05, 0) is 46.0 Å². The van der Waals surface area contributed by atoms with E-state index in [-0.39, 0.29) is 17.9 Å². The summed E-state index contributed by atoms with van der Waals surface area (Å²) in [5.74, 6) is -1.68. The van der Waals surface area contributed by atoms with Crippen molar-refractivity contribution in [1.82, 2.24) is 30.2 Å². The van der Waals surface area contributed by atoms with E-state index >= 15 is 0 Å². The number of carboxylic acid groups (broad SMARTS) is 1. The van der Waals surface area contributed by atoms with Crippen molar-refractivity contribution in [1.29, 1.82) is 0 Å². The third-order valence-corrected chi connectivity index (χ3v) is 6.57. The van der Waals surface area contributed by atoms with Gasteiger partial charge in [-0.3, -0.25) is 4.79 Å². The van der Waals surface area contributed by atoms with Crippen LogP contribution in [0.2, 0.25) is 31.0 Å². The summed E-state index contributed by atoms with van der Waals surface area (Å²) in [4.78, 5) is 20.0. The number of nitrogens with zero attached hydrogens (tertiary/aromatic N) is 6. The number of tetrazole rings is 1. The highest BCUT2D eigenvalue weighted by molar-refractivity contribution is 6.76. The molecule has 0 saturated heterocycles. The molecule has 2 rings (SSSR count). The van der Waals surface area contributed by atoms with Crippen molar-refractivity contribution >= 4 is 25.6 Å². The molecule has 0 saturated carbocycles. The minimum atomic E-state index is -1.21. The topological polar surface area (TPSA) is 116 Å². The summed E-state index contributed by atoms with van der Waals surface area (Å²) in [6, 6.07) is 1.03. The molecule has 1 N–H and O–H groups in total. The molecule has 0 aliphatic rings. The third-order valence-electron chi connectivity index (χ3n) is 4.67. The Balaban J connectivity index is 2.25. The number of halogens is 1. The molecule has 0 aromatic carbocycles. The van der Waals surface area contributed by atoms with Gasteiger partial charge in [0.25, 0.3) is 0 Å². The van der Waals surface area contributed by atoms with Crippen LogP contribution in [0.3, 0.4) is 0 Å². The monoisotopic (exact) mass is 440 g/mol. The minimum Gasteiger partial charge on any atom is -0.481 e. The van der Waals surface area contributed by atoms with Gasteiger partial charge in [0.05, 0.1) is 5.92 Å². The molecule has 0 unspecified atom stereocenters. The Kier molecular flexibility index (Phi) is 8.23. The molecule has 2 aromatic heterocycles. The number of ether oxygens (including phenoxy) is 1. The van der Waals surface area contributed by atoms with Gasteiger partial charge in [-0.25, -0.2) is 14.6 Å². The number of hydrogen-bond acceptors (Lipinski definition) is 7. The lowest BCUT2D eigenvalue weighted by molar-refractivity contribution is -0.144.